The topological polar surface area (TPSA) is 70.4 Å². The molecule has 0 aromatic heterocycles. The highest BCUT2D eigenvalue weighted by Gasteiger charge is 2.17. The highest BCUT2D eigenvalue weighted by Crippen LogP contribution is 1.94. The quantitative estimate of drug-likeness (QED) is 0.340. The van der Waals surface area contributed by atoms with E-state index in [0.717, 1.165) is 0 Å². The Balaban J connectivity index is 4.16. The molecule has 0 aliphatic rings. The van der Waals surface area contributed by atoms with Crippen molar-refractivity contribution in [3.63, 3.8) is 0 Å². The fraction of sp³-hybridized carbons (Fsp3) is 0.750. The van der Waals surface area contributed by atoms with Crippen molar-refractivity contribution < 1.29 is 4.79 Å². The number of nitrogens with one attached hydrogen (secondary N) is 2. The third-order valence-electron chi connectivity index (χ3n) is 1.92. The van der Waals surface area contributed by atoms with Gasteiger partial charge >= 0.3 is 0 Å². The van der Waals surface area contributed by atoms with Crippen LogP contribution in [0, 0.1) is 0 Å². The Bertz CT molecular complexity index is 206. The molecule has 0 aromatic rings. The van der Waals surface area contributed by atoms with Crippen LogP contribution in [0.15, 0.2) is 0 Å². The fourth-order valence-corrected chi connectivity index (χ4v) is 1.29. The van der Waals surface area contributed by atoms with Crippen LogP contribution in [0.4, 0.5) is 0 Å². The van der Waals surface area contributed by atoms with E-state index >= 15 is 0 Å². The van der Waals surface area contributed by atoms with E-state index in [-0.39, 0.29) is 17.1 Å². The Labute approximate surface area is 90.0 Å². The van der Waals surface area contributed by atoms with E-state index in [1.165, 1.54) is 0 Å². The molecule has 82 valence electrons. The summed E-state index contributed by atoms with van der Waals surface area (Å²) in [6.07, 6.45) is 0. The Morgan fingerprint density at radius 3 is 2.36 bits per heavy atom. The van der Waals surface area contributed by atoms with Crippen LogP contribution in [-0.2, 0) is 4.79 Å². The van der Waals surface area contributed by atoms with Gasteiger partial charge in [0.2, 0.25) is 5.91 Å². The van der Waals surface area contributed by atoms with Crippen LogP contribution in [0.25, 0.3) is 0 Å². The van der Waals surface area contributed by atoms with Crippen LogP contribution >= 0.6 is 12.2 Å². The lowest BCUT2D eigenvalue weighted by Gasteiger charge is -2.23. The van der Waals surface area contributed by atoms with Crippen molar-refractivity contribution in [2.24, 2.45) is 5.84 Å². The number of carbonyl (C=O) groups is 1. The average Bonchev–Trinajstić information content (AvgIpc) is 2.19. The molecule has 0 saturated carbocycles. The molecule has 0 fully saturated rings. The summed E-state index contributed by atoms with van der Waals surface area (Å²) in [5.74, 6) is 5.10. The molecule has 1 atom stereocenters. The minimum atomic E-state index is -0.349. The number of nitrogens with zero attached hydrogens (tertiary/aromatic N) is 1. The molecule has 6 heteroatoms. The van der Waals surface area contributed by atoms with Crippen LogP contribution in [0.5, 0.6) is 0 Å². The van der Waals surface area contributed by atoms with Crippen molar-refractivity contribution >= 4 is 23.2 Å². The summed E-state index contributed by atoms with van der Waals surface area (Å²) in [6.45, 7) is 7.03. The van der Waals surface area contributed by atoms with Gasteiger partial charge in [-0.1, -0.05) is 0 Å². The molecule has 1 amide bonds. The lowest BCUT2D eigenvalue weighted by molar-refractivity contribution is -0.132. The fourth-order valence-electron chi connectivity index (χ4n) is 1.11. The summed E-state index contributed by atoms with van der Waals surface area (Å²) in [7, 11) is 0. The summed E-state index contributed by atoms with van der Waals surface area (Å²) in [4.78, 5) is 13.4. The number of nitrogens with two attached hydrogens (primary N) is 1. The Hall–Kier alpha value is -0.880. The normalized spacial score (nSPS) is 11.7. The summed E-state index contributed by atoms with van der Waals surface area (Å²) in [5.41, 5.74) is 2.28. The number of hydrazine groups is 1. The van der Waals surface area contributed by atoms with Gasteiger partial charge in [-0.3, -0.25) is 4.79 Å². The number of hydrogen-bond donors (Lipinski definition) is 3. The second kappa shape index (κ2) is 6.56. The number of likely N-dealkylation sites (N-methyl/N-ethyl adjacent to an activating group) is 1. The van der Waals surface area contributed by atoms with E-state index < -0.39 is 0 Å². The maximum absolute atomic E-state index is 11.7. The molecular weight excluding hydrogens is 200 g/mol. The predicted octanol–water partition coefficient (Wildman–Crippen LogP) is -0.419. The first-order chi connectivity index (χ1) is 6.56. The summed E-state index contributed by atoms with van der Waals surface area (Å²) in [5, 5.41) is 3.06. The Morgan fingerprint density at radius 2 is 2.00 bits per heavy atom. The maximum atomic E-state index is 11.7. The average molecular weight is 218 g/mol. The molecule has 4 N–H and O–H groups in total. The maximum Gasteiger partial charge on any atom is 0.244 e. The molecule has 0 spiro atoms. The lowest BCUT2D eigenvalue weighted by Crippen LogP contribution is -2.51. The third-order valence-corrected chi connectivity index (χ3v) is 2.16. The van der Waals surface area contributed by atoms with E-state index in [1.54, 1.807) is 11.8 Å². The van der Waals surface area contributed by atoms with E-state index in [9.17, 15) is 4.79 Å². The van der Waals surface area contributed by atoms with Crippen molar-refractivity contribution in [3.05, 3.63) is 0 Å². The molecule has 1 unspecified atom stereocenters. The second-order valence-corrected chi connectivity index (χ2v) is 3.26. The monoisotopic (exact) mass is 218 g/mol. The van der Waals surface area contributed by atoms with Crippen molar-refractivity contribution in [3.8, 4) is 0 Å². The zero-order valence-corrected chi connectivity index (χ0v) is 9.65. The first-order valence-corrected chi connectivity index (χ1v) is 5.03. The first kappa shape index (κ1) is 13.1. The number of carbonyl (C=O) groups excluding carboxylic acids is 1. The van der Waals surface area contributed by atoms with Gasteiger partial charge in [0, 0.05) is 13.1 Å². The predicted molar refractivity (Wildman–Crippen MR) is 60.4 cm³/mol. The molecule has 0 heterocycles. The standard InChI is InChI=1S/C8H18N4OS/c1-4-12(5-2)7(13)6(3)10-8(14)11-9/h6H,4-5,9H2,1-3H3,(H2,10,11,14). The molecule has 0 aliphatic heterocycles. The smallest absolute Gasteiger partial charge is 0.244 e. The largest absolute Gasteiger partial charge is 0.350 e. The van der Waals surface area contributed by atoms with E-state index in [0.29, 0.717) is 13.1 Å². The summed E-state index contributed by atoms with van der Waals surface area (Å²) < 4.78 is 0. The Morgan fingerprint density at radius 1 is 1.50 bits per heavy atom. The molecule has 0 aromatic carbocycles. The molecule has 5 nitrogen and oxygen atoms in total. The van der Waals surface area contributed by atoms with Gasteiger partial charge in [0.15, 0.2) is 5.11 Å². The third kappa shape index (κ3) is 3.89. The van der Waals surface area contributed by atoms with Gasteiger partial charge in [-0.25, -0.2) is 5.84 Å². The van der Waals surface area contributed by atoms with Crippen LogP contribution in [0.2, 0.25) is 0 Å². The van der Waals surface area contributed by atoms with Gasteiger partial charge in [0.05, 0.1) is 0 Å². The highest BCUT2D eigenvalue weighted by atomic mass is 32.1. The van der Waals surface area contributed by atoms with Gasteiger partial charge in [-0.2, -0.15) is 0 Å². The SMILES string of the molecule is CCN(CC)C(=O)C(C)NC(=S)NN. The minimum absolute atomic E-state index is 0.0209. The first-order valence-electron chi connectivity index (χ1n) is 4.62. The van der Waals surface area contributed by atoms with Crippen LogP contribution in [0.1, 0.15) is 20.8 Å². The van der Waals surface area contributed by atoms with Gasteiger partial charge in [-0.15, -0.1) is 0 Å². The van der Waals surface area contributed by atoms with Crippen molar-refractivity contribution in [2.75, 3.05) is 13.1 Å². The van der Waals surface area contributed by atoms with E-state index in [2.05, 4.69) is 10.7 Å². The zero-order chi connectivity index (χ0) is 11.1. The number of thiocarbonyl (C=S) groups is 1. The molecule has 0 radical (unpaired) electrons. The zero-order valence-electron chi connectivity index (χ0n) is 8.83. The van der Waals surface area contributed by atoms with Crippen molar-refractivity contribution in [2.45, 2.75) is 26.8 Å². The second-order valence-electron chi connectivity index (χ2n) is 2.85. The molecule has 14 heavy (non-hydrogen) atoms. The molecule has 0 aliphatic carbocycles. The highest BCUT2D eigenvalue weighted by molar-refractivity contribution is 7.80. The van der Waals surface area contributed by atoms with Crippen LogP contribution in [-0.4, -0.2) is 35.1 Å². The number of hydrogen-bond acceptors (Lipinski definition) is 3. The van der Waals surface area contributed by atoms with E-state index in [1.807, 2.05) is 13.8 Å². The Kier molecular flexibility index (Phi) is 6.14. The molecule has 0 rings (SSSR count). The number of rotatable bonds is 4. The minimum Gasteiger partial charge on any atom is -0.350 e. The van der Waals surface area contributed by atoms with Crippen LogP contribution < -0.4 is 16.6 Å². The molecular formula is C8H18N4OS. The van der Waals surface area contributed by atoms with E-state index in [4.69, 9.17) is 18.1 Å². The van der Waals surface area contributed by atoms with Gasteiger partial charge in [-0.05, 0) is 33.0 Å². The van der Waals surface area contributed by atoms with Gasteiger partial charge in [0.25, 0.3) is 0 Å². The summed E-state index contributed by atoms with van der Waals surface area (Å²) in [6, 6.07) is -0.349. The number of amides is 1. The van der Waals surface area contributed by atoms with Crippen molar-refractivity contribution in [1.29, 1.82) is 0 Å². The molecule has 0 saturated heterocycles. The van der Waals surface area contributed by atoms with Gasteiger partial charge in [0.1, 0.15) is 6.04 Å². The van der Waals surface area contributed by atoms with Gasteiger partial charge < -0.3 is 15.6 Å². The summed E-state index contributed by atoms with van der Waals surface area (Å²) >= 11 is 4.79. The lowest BCUT2D eigenvalue weighted by atomic mass is 10.3. The van der Waals surface area contributed by atoms with Crippen molar-refractivity contribution in [1.82, 2.24) is 15.6 Å². The molecule has 0 bridgehead atoms. The van der Waals surface area contributed by atoms with Crippen LogP contribution in [0.3, 0.4) is 0 Å².